The molecule has 3 atom stereocenters. The number of alkyl halides is 1. The van der Waals surface area contributed by atoms with Gasteiger partial charge in [0.2, 0.25) is 5.91 Å². The maximum atomic E-state index is 16.9. The van der Waals surface area contributed by atoms with Crippen LogP contribution in [0.5, 0.6) is 11.8 Å². The van der Waals surface area contributed by atoms with Crippen LogP contribution in [0.15, 0.2) is 41.2 Å². The lowest BCUT2D eigenvalue weighted by atomic mass is 9.95. The number of anilines is 1. The van der Waals surface area contributed by atoms with Gasteiger partial charge in [-0.1, -0.05) is 18.1 Å². The highest BCUT2D eigenvalue weighted by atomic mass is 19.1. The molecule has 0 aliphatic carbocycles. The van der Waals surface area contributed by atoms with Crippen LogP contribution in [0, 0.1) is 24.0 Å². The molecular weight excluding hydrogens is 663 g/mol. The van der Waals surface area contributed by atoms with Crippen LogP contribution < -0.4 is 15.6 Å². The maximum Gasteiger partial charge on any atom is 0.319 e. The van der Waals surface area contributed by atoms with E-state index < -0.39 is 28.9 Å². The molecule has 0 bridgehead atoms. The molecule has 1 amide bonds. The van der Waals surface area contributed by atoms with E-state index in [2.05, 4.69) is 31.1 Å². The van der Waals surface area contributed by atoms with Gasteiger partial charge in [0, 0.05) is 55.7 Å². The molecule has 3 fully saturated rings. The molecular formula is C37H38F3N7O4. The minimum absolute atomic E-state index is 0.00385. The summed E-state index contributed by atoms with van der Waals surface area (Å²) in [5.41, 5.74) is -2.28. The highest BCUT2D eigenvalue weighted by Gasteiger charge is 2.49. The summed E-state index contributed by atoms with van der Waals surface area (Å²) in [6.07, 6.45) is 10.4. The third-order valence-corrected chi connectivity index (χ3v) is 10.0. The number of hydrogen-bond donors (Lipinski definition) is 3. The van der Waals surface area contributed by atoms with Crippen LogP contribution in [-0.4, -0.2) is 112 Å². The predicted molar refractivity (Wildman–Crippen MR) is 187 cm³/mol. The number of nitrogens with zero attached hydrogens (tertiary/aromatic N) is 5. The van der Waals surface area contributed by atoms with Gasteiger partial charge in [-0.2, -0.15) is 9.97 Å². The van der Waals surface area contributed by atoms with E-state index in [0.717, 1.165) is 25.5 Å². The first-order chi connectivity index (χ1) is 24.5. The smallest absolute Gasteiger partial charge is 0.319 e. The number of aromatic nitrogens is 3. The average molecular weight is 702 g/mol. The standard InChI is InChI=1S/C37H38F3N7O4/c1-4-25-27(39)9-8-21-15-24(48)16-26(29(21)25)32-31(40)33-30(35(50)42-32)34(41-23-10-14-46(19-23)28(49)7-5-12-45(2)3)44-36(43-33)51-20-37-11-6-13-47(37)18-22(38)17-37/h1,5,7-9,15-16,22-23,48H,6,10-14,17-20H2,2-3H3,(H,42,50)(H,41,43,44)/b7-5+/t22-,23?,37+/m1/s1. The van der Waals surface area contributed by atoms with Crippen molar-refractivity contribution < 1.29 is 27.8 Å². The van der Waals surface area contributed by atoms with Gasteiger partial charge in [-0.15, -0.1) is 6.42 Å². The Bertz CT molecular complexity index is 2170. The van der Waals surface area contributed by atoms with E-state index in [1.165, 1.54) is 24.3 Å². The number of likely N-dealkylation sites (tertiary alicyclic amines) is 1. The Labute approximate surface area is 292 Å². The van der Waals surface area contributed by atoms with Gasteiger partial charge in [0.15, 0.2) is 5.82 Å². The van der Waals surface area contributed by atoms with E-state index >= 15 is 4.39 Å². The van der Waals surface area contributed by atoms with E-state index in [1.807, 2.05) is 19.0 Å². The summed E-state index contributed by atoms with van der Waals surface area (Å²) >= 11 is 0. The molecule has 1 unspecified atom stereocenters. The Balaban J connectivity index is 1.31. The summed E-state index contributed by atoms with van der Waals surface area (Å²) in [4.78, 5) is 43.8. The summed E-state index contributed by atoms with van der Waals surface area (Å²) in [5.74, 6) is 0.156. The zero-order valence-corrected chi connectivity index (χ0v) is 28.3. The second-order valence-electron chi connectivity index (χ2n) is 13.8. The minimum atomic E-state index is -0.997. The molecule has 3 N–H and O–H groups in total. The number of fused-ring (bicyclic) bond motifs is 3. The fourth-order valence-corrected chi connectivity index (χ4v) is 7.67. The first-order valence-electron chi connectivity index (χ1n) is 16.9. The number of ether oxygens (including phenoxy) is 1. The molecule has 2 aromatic heterocycles. The number of rotatable bonds is 9. The number of nitrogens with one attached hydrogen (secondary N) is 2. The van der Waals surface area contributed by atoms with Crippen LogP contribution in [0.3, 0.4) is 0 Å². The number of halogens is 3. The van der Waals surface area contributed by atoms with Gasteiger partial charge in [-0.25, -0.2) is 13.2 Å². The number of hydrogen-bond acceptors (Lipinski definition) is 9. The summed E-state index contributed by atoms with van der Waals surface area (Å²) < 4.78 is 52.4. The first-order valence-corrected chi connectivity index (χ1v) is 16.9. The molecule has 3 aliphatic heterocycles. The molecule has 0 radical (unpaired) electrons. The Morgan fingerprint density at radius 1 is 1.24 bits per heavy atom. The lowest BCUT2D eigenvalue weighted by molar-refractivity contribution is -0.125. The number of phenols is 1. The third-order valence-electron chi connectivity index (χ3n) is 10.0. The van der Waals surface area contributed by atoms with Crippen molar-refractivity contribution in [1.82, 2.24) is 29.7 Å². The SMILES string of the molecule is C#Cc1c(F)ccc2cc(O)cc(-c3[nH]c(=O)c4c(NC5CCN(C(=O)/C=C/CN(C)C)C5)nc(OC[C@@]56CCCN5C[C@H](F)C6)nc4c3F)c12. The highest BCUT2D eigenvalue weighted by molar-refractivity contribution is 6.03. The molecule has 0 saturated carbocycles. The minimum Gasteiger partial charge on any atom is -0.508 e. The second kappa shape index (κ2) is 13.5. The van der Waals surface area contributed by atoms with Gasteiger partial charge in [0.25, 0.3) is 5.56 Å². The predicted octanol–water partition coefficient (Wildman–Crippen LogP) is 4.19. The van der Waals surface area contributed by atoms with Gasteiger partial charge in [-0.05, 0) is 63.5 Å². The van der Waals surface area contributed by atoms with Crippen molar-refractivity contribution in [1.29, 1.82) is 0 Å². The number of aromatic hydroxyl groups is 1. The largest absolute Gasteiger partial charge is 0.508 e. The summed E-state index contributed by atoms with van der Waals surface area (Å²) in [6, 6.07) is 4.53. The molecule has 3 aliphatic rings. The molecule has 4 aromatic rings. The van der Waals surface area contributed by atoms with Crippen LogP contribution in [0.4, 0.5) is 19.0 Å². The molecule has 2 aromatic carbocycles. The van der Waals surface area contributed by atoms with Gasteiger partial charge < -0.3 is 29.9 Å². The number of pyridine rings is 1. The van der Waals surface area contributed by atoms with E-state index in [4.69, 9.17) is 11.2 Å². The first kappa shape index (κ1) is 34.3. The fraction of sp³-hybridized carbons (Fsp3) is 0.405. The average Bonchev–Trinajstić information content (AvgIpc) is 3.79. The Morgan fingerprint density at radius 2 is 2.06 bits per heavy atom. The molecule has 266 valence electrons. The van der Waals surface area contributed by atoms with Crippen molar-refractivity contribution in [2.24, 2.45) is 0 Å². The maximum absolute atomic E-state index is 16.9. The number of phenolic OH excluding ortho intramolecular Hbond substituents is 1. The quantitative estimate of drug-likeness (QED) is 0.174. The zero-order chi connectivity index (χ0) is 36.0. The number of amides is 1. The van der Waals surface area contributed by atoms with Crippen LogP contribution >= 0.6 is 0 Å². The van der Waals surface area contributed by atoms with Crippen molar-refractivity contribution in [2.45, 2.75) is 43.4 Å². The fourth-order valence-electron chi connectivity index (χ4n) is 7.67. The number of carbonyl (C=O) groups excluding carboxylic acids is 1. The molecule has 3 saturated heterocycles. The summed E-state index contributed by atoms with van der Waals surface area (Å²) in [5, 5.41) is 14.0. The molecule has 5 heterocycles. The van der Waals surface area contributed by atoms with E-state index in [-0.39, 0.29) is 75.7 Å². The summed E-state index contributed by atoms with van der Waals surface area (Å²) in [7, 11) is 3.80. The van der Waals surface area contributed by atoms with E-state index in [0.29, 0.717) is 38.0 Å². The number of likely N-dealkylation sites (N-methyl/N-ethyl adjacent to an activating group) is 1. The number of carbonyl (C=O) groups is 1. The van der Waals surface area contributed by atoms with Crippen molar-refractivity contribution in [2.75, 3.05) is 58.7 Å². The van der Waals surface area contributed by atoms with Crippen LogP contribution in [0.1, 0.15) is 31.2 Å². The monoisotopic (exact) mass is 701 g/mol. The Hall–Kier alpha value is -5.13. The van der Waals surface area contributed by atoms with Gasteiger partial charge >= 0.3 is 6.01 Å². The van der Waals surface area contributed by atoms with Crippen molar-refractivity contribution in [3.8, 4) is 35.4 Å². The lowest BCUT2D eigenvalue weighted by Crippen LogP contribution is -2.43. The van der Waals surface area contributed by atoms with E-state index in [1.54, 1.807) is 11.0 Å². The highest BCUT2D eigenvalue weighted by Crippen LogP contribution is 2.41. The Kier molecular flexibility index (Phi) is 9.11. The lowest BCUT2D eigenvalue weighted by Gasteiger charge is -2.30. The van der Waals surface area contributed by atoms with Crippen LogP contribution in [0.25, 0.3) is 32.9 Å². The van der Waals surface area contributed by atoms with Crippen molar-refractivity contribution in [3.05, 3.63) is 64.0 Å². The van der Waals surface area contributed by atoms with Crippen LogP contribution in [-0.2, 0) is 4.79 Å². The van der Waals surface area contributed by atoms with Crippen LogP contribution in [0.2, 0.25) is 0 Å². The molecule has 7 rings (SSSR count). The molecule has 11 nitrogen and oxygen atoms in total. The zero-order valence-electron chi connectivity index (χ0n) is 28.3. The van der Waals surface area contributed by atoms with Gasteiger partial charge in [-0.3, -0.25) is 14.5 Å². The van der Waals surface area contributed by atoms with Crippen molar-refractivity contribution >= 4 is 33.4 Å². The Morgan fingerprint density at radius 3 is 2.84 bits per heavy atom. The molecule has 14 heteroatoms. The molecule has 51 heavy (non-hydrogen) atoms. The van der Waals surface area contributed by atoms with Gasteiger partial charge in [0.05, 0.1) is 16.8 Å². The molecule has 0 spiro atoms. The van der Waals surface area contributed by atoms with Gasteiger partial charge in [0.1, 0.15) is 41.1 Å². The number of benzene rings is 2. The number of aromatic amines is 1. The number of H-pyrrole nitrogens is 1. The summed E-state index contributed by atoms with van der Waals surface area (Å²) in [6.45, 7) is 2.46. The second-order valence-corrected chi connectivity index (χ2v) is 13.8. The third kappa shape index (κ3) is 6.47. The van der Waals surface area contributed by atoms with E-state index in [9.17, 15) is 23.5 Å². The topological polar surface area (TPSA) is 127 Å². The number of terminal acetylenes is 1. The van der Waals surface area contributed by atoms with Crippen molar-refractivity contribution in [3.63, 3.8) is 0 Å². The normalized spacial score (nSPS) is 22.0.